The molecule has 0 unspecified atom stereocenters. The molecule has 210 valence electrons. The highest BCUT2D eigenvalue weighted by Crippen LogP contribution is 2.40. The highest BCUT2D eigenvalue weighted by atomic mass is 15.1. The molecule has 45 heavy (non-hydrogen) atoms. The molecule has 0 aliphatic rings. The summed E-state index contributed by atoms with van der Waals surface area (Å²) in [7, 11) is 0. The van der Waals surface area contributed by atoms with E-state index in [-0.39, 0.29) is 0 Å². The quantitative estimate of drug-likeness (QED) is 0.210. The van der Waals surface area contributed by atoms with Crippen molar-refractivity contribution in [3.05, 3.63) is 164 Å². The van der Waals surface area contributed by atoms with E-state index in [1.807, 2.05) is 6.07 Å². The molecule has 0 amide bonds. The molecule has 0 bridgehead atoms. The van der Waals surface area contributed by atoms with E-state index in [1.165, 1.54) is 32.7 Å². The molecule has 6 aromatic carbocycles. The van der Waals surface area contributed by atoms with E-state index in [9.17, 15) is 0 Å². The zero-order valence-electron chi connectivity index (χ0n) is 24.4. The van der Waals surface area contributed by atoms with E-state index >= 15 is 0 Å². The molecule has 3 heterocycles. The molecule has 0 fully saturated rings. The van der Waals surface area contributed by atoms with Crippen molar-refractivity contribution in [2.75, 3.05) is 0 Å². The lowest BCUT2D eigenvalue weighted by Crippen LogP contribution is -2.01. The Morgan fingerprint density at radius 1 is 0.422 bits per heavy atom. The van der Waals surface area contributed by atoms with Crippen LogP contribution in [0.15, 0.2) is 164 Å². The van der Waals surface area contributed by atoms with Gasteiger partial charge in [0.1, 0.15) is 5.82 Å². The number of hydrogen-bond acceptors (Lipinski definition) is 2. The molecule has 0 aliphatic carbocycles. The predicted octanol–water partition coefficient (Wildman–Crippen LogP) is 10.9. The summed E-state index contributed by atoms with van der Waals surface area (Å²) < 4.78 is 2.33. The average molecular weight is 574 g/mol. The number of benzene rings is 6. The molecule has 9 rings (SSSR count). The molecule has 3 heteroatoms. The van der Waals surface area contributed by atoms with Crippen molar-refractivity contribution in [1.29, 1.82) is 0 Å². The molecular weight excluding hydrogens is 546 g/mol. The lowest BCUT2D eigenvalue weighted by Gasteiger charge is -2.14. The van der Waals surface area contributed by atoms with Gasteiger partial charge in [-0.3, -0.25) is 4.57 Å². The van der Waals surface area contributed by atoms with Crippen molar-refractivity contribution in [3.8, 4) is 39.3 Å². The molecule has 0 radical (unpaired) electrons. The van der Waals surface area contributed by atoms with Gasteiger partial charge in [-0.05, 0) is 57.8 Å². The number of rotatable bonds is 4. The molecular formula is C42H27N3. The molecule has 0 saturated carbocycles. The minimum atomic E-state index is 0.862. The Morgan fingerprint density at radius 2 is 1.11 bits per heavy atom. The van der Waals surface area contributed by atoms with Gasteiger partial charge in [0.15, 0.2) is 0 Å². The second-order valence-corrected chi connectivity index (χ2v) is 11.4. The maximum absolute atomic E-state index is 5.32. The maximum atomic E-state index is 5.32. The summed E-state index contributed by atoms with van der Waals surface area (Å²) in [5.41, 5.74) is 10.6. The fourth-order valence-corrected chi connectivity index (χ4v) is 6.66. The van der Waals surface area contributed by atoms with Crippen molar-refractivity contribution in [2.45, 2.75) is 0 Å². The molecule has 3 aromatic heterocycles. The van der Waals surface area contributed by atoms with Crippen molar-refractivity contribution < 1.29 is 0 Å². The molecule has 0 aliphatic heterocycles. The van der Waals surface area contributed by atoms with Crippen LogP contribution >= 0.6 is 0 Å². The molecule has 0 spiro atoms. The smallest absolute Gasteiger partial charge is 0.139 e. The zero-order valence-corrected chi connectivity index (χ0v) is 24.4. The highest BCUT2D eigenvalue weighted by molar-refractivity contribution is 6.21. The first-order valence-corrected chi connectivity index (χ1v) is 15.3. The Labute approximate surface area is 260 Å². The lowest BCUT2D eigenvalue weighted by molar-refractivity contribution is 1.10. The van der Waals surface area contributed by atoms with Gasteiger partial charge >= 0.3 is 0 Å². The first kappa shape index (κ1) is 25.4. The Hall–Kier alpha value is -6.06. The number of pyridine rings is 2. The third-order valence-corrected chi connectivity index (χ3v) is 8.78. The number of aromatic nitrogens is 3. The summed E-state index contributed by atoms with van der Waals surface area (Å²) in [4.78, 5) is 10.5. The lowest BCUT2D eigenvalue weighted by atomic mass is 10.0. The van der Waals surface area contributed by atoms with Crippen molar-refractivity contribution in [1.82, 2.24) is 14.5 Å². The summed E-state index contributed by atoms with van der Waals surface area (Å²) in [5, 5.41) is 4.92. The summed E-state index contributed by atoms with van der Waals surface area (Å²) in [5.74, 6) is 0.871. The Balaban J connectivity index is 1.38. The Kier molecular flexibility index (Phi) is 5.82. The topological polar surface area (TPSA) is 30.7 Å². The fourth-order valence-electron chi connectivity index (χ4n) is 6.66. The van der Waals surface area contributed by atoms with Gasteiger partial charge in [0.2, 0.25) is 0 Å². The number of fused-ring (bicyclic) bond motifs is 6. The largest absolute Gasteiger partial charge is 0.294 e. The molecule has 0 atom stereocenters. The van der Waals surface area contributed by atoms with Crippen LogP contribution in [0, 0.1) is 0 Å². The van der Waals surface area contributed by atoms with Crippen LogP contribution in [0.25, 0.3) is 82.9 Å². The van der Waals surface area contributed by atoms with Crippen molar-refractivity contribution >= 4 is 43.6 Å². The third-order valence-electron chi connectivity index (χ3n) is 8.78. The zero-order chi connectivity index (χ0) is 29.7. The molecule has 0 saturated heterocycles. The third kappa shape index (κ3) is 4.21. The summed E-state index contributed by atoms with van der Waals surface area (Å²) in [6.45, 7) is 0. The second-order valence-electron chi connectivity index (χ2n) is 11.4. The normalized spacial score (nSPS) is 11.6. The second kappa shape index (κ2) is 10.3. The van der Waals surface area contributed by atoms with Crippen LogP contribution in [0.3, 0.4) is 0 Å². The first-order valence-electron chi connectivity index (χ1n) is 15.3. The standard InChI is InChI=1S/C42H27N3/c1-4-12-28(13-5-1)32-20-22-34-39(26-32)45(38-25-21-30-16-10-11-19-33(30)41(34)38)40-27-35(29-14-6-2-7-15-29)42-37(43-40)24-23-36(44-42)31-17-8-3-9-18-31/h1-27H. The van der Waals surface area contributed by atoms with Gasteiger partial charge in [-0.25, -0.2) is 9.97 Å². The Bertz CT molecular complexity index is 2510. The molecule has 0 N–H and O–H groups in total. The average Bonchev–Trinajstić information content (AvgIpc) is 3.46. The molecule has 3 nitrogen and oxygen atoms in total. The van der Waals surface area contributed by atoms with Gasteiger partial charge < -0.3 is 0 Å². The van der Waals surface area contributed by atoms with Gasteiger partial charge in [0.25, 0.3) is 0 Å². The summed E-state index contributed by atoms with van der Waals surface area (Å²) in [6, 6.07) is 57.8. The van der Waals surface area contributed by atoms with Gasteiger partial charge in [-0.15, -0.1) is 0 Å². The predicted molar refractivity (Wildman–Crippen MR) is 188 cm³/mol. The van der Waals surface area contributed by atoms with E-state index in [0.29, 0.717) is 0 Å². The Morgan fingerprint density at radius 3 is 1.89 bits per heavy atom. The maximum Gasteiger partial charge on any atom is 0.139 e. The van der Waals surface area contributed by atoms with E-state index in [2.05, 4.69) is 162 Å². The van der Waals surface area contributed by atoms with Crippen LogP contribution in [-0.2, 0) is 0 Å². The number of nitrogens with zero attached hydrogens (tertiary/aromatic N) is 3. The van der Waals surface area contributed by atoms with Crippen LogP contribution in [0.5, 0.6) is 0 Å². The van der Waals surface area contributed by atoms with E-state index in [4.69, 9.17) is 9.97 Å². The van der Waals surface area contributed by atoms with Crippen molar-refractivity contribution in [2.24, 2.45) is 0 Å². The monoisotopic (exact) mass is 573 g/mol. The van der Waals surface area contributed by atoms with Crippen LogP contribution < -0.4 is 0 Å². The van der Waals surface area contributed by atoms with Crippen LogP contribution in [0.4, 0.5) is 0 Å². The summed E-state index contributed by atoms with van der Waals surface area (Å²) >= 11 is 0. The van der Waals surface area contributed by atoms with Crippen LogP contribution in [-0.4, -0.2) is 14.5 Å². The van der Waals surface area contributed by atoms with Crippen LogP contribution in [0.1, 0.15) is 0 Å². The van der Waals surface area contributed by atoms with E-state index in [0.717, 1.165) is 50.3 Å². The van der Waals surface area contributed by atoms with Crippen molar-refractivity contribution in [3.63, 3.8) is 0 Å². The minimum Gasteiger partial charge on any atom is -0.294 e. The van der Waals surface area contributed by atoms with Gasteiger partial charge in [-0.2, -0.15) is 0 Å². The van der Waals surface area contributed by atoms with Gasteiger partial charge in [-0.1, -0.05) is 133 Å². The van der Waals surface area contributed by atoms with E-state index in [1.54, 1.807) is 0 Å². The number of hydrogen-bond donors (Lipinski definition) is 0. The highest BCUT2D eigenvalue weighted by Gasteiger charge is 2.19. The van der Waals surface area contributed by atoms with Crippen LogP contribution in [0.2, 0.25) is 0 Å². The minimum absolute atomic E-state index is 0.862. The van der Waals surface area contributed by atoms with E-state index < -0.39 is 0 Å². The van der Waals surface area contributed by atoms with Gasteiger partial charge in [0, 0.05) is 21.9 Å². The van der Waals surface area contributed by atoms with Gasteiger partial charge in [0.05, 0.1) is 27.8 Å². The SMILES string of the molecule is c1ccc(-c2ccc3c4c5ccccc5ccc4n(-c4cc(-c5ccccc5)c5nc(-c6ccccc6)ccc5n4)c3c2)cc1. The summed E-state index contributed by atoms with van der Waals surface area (Å²) in [6.07, 6.45) is 0. The molecule has 9 aromatic rings. The first-order chi connectivity index (χ1) is 22.3. The fraction of sp³-hybridized carbons (Fsp3) is 0.